The molecule has 0 aromatic carbocycles. The SMILES string of the molecule is O.O.O.O=S(=O)(O)CCS(=O)(=O)O. The molecular formula is C2H12O9S2. The molecule has 86 valence electrons. The van der Waals surface area contributed by atoms with Crippen LogP contribution in [0.25, 0.3) is 0 Å². The van der Waals surface area contributed by atoms with Gasteiger partial charge in [0.25, 0.3) is 20.2 Å². The van der Waals surface area contributed by atoms with Crippen molar-refractivity contribution < 1.29 is 42.4 Å². The van der Waals surface area contributed by atoms with Crippen molar-refractivity contribution in [2.45, 2.75) is 0 Å². The van der Waals surface area contributed by atoms with Gasteiger partial charge in [0, 0.05) is 0 Å². The van der Waals surface area contributed by atoms with E-state index in [1.165, 1.54) is 0 Å². The zero-order valence-electron chi connectivity index (χ0n) is 6.26. The largest absolute Gasteiger partial charge is 0.412 e. The molecule has 0 heterocycles. The van der Waals surface area contributed by atoms with E-state index in [0.717, 1.165) is 0 Å². The molecule has 0 saturated heterocycles. The Hall–Kier alpha value is -0.300. The van der Waals surface area contributed by atoms with Crippen LogP contribution in [0.5, 0.6) is 0 Å². The Kier molecular flexibility index (Phi) is 12.6. The van der Waals surface area contributed by atoms with E-state index < -0.39 is 31.7 Å². The van der Waals surface area contributed by atoms with Crippen molar-refractivity contribution >= 4 is 20.2 Å². The summed E-state index contributed by atoms with van der Waals surface area (Å²) >= 11 is 0. The van der Waals surface area contributed by atoms with Crippen molar-refractivity contribution in [3.63, 3.8) is 0 Å². The van der Waals surface area contributed by atoms with E-state index in [4.69, 9.17) is 9.11 Å². The van der Waals surface area contributed by atoms with Crippen LogP contribution in [-0.2, 0) is 20.2 Å². The fourth-order valence-electron chi connectivity index (χ4n) is 0.211. The minimum Gasteiger partial charge on any atom is -0.412 e. The first-order valence-electron chi connectivity index (χ1n) is 2.11. The molecule has 0 unspecified atom stereocenters. The van der Waals surface area contributed by atoms with Gasteiger partial charge in [-0.25, -0.2) is 0 Å². The summed E-state index contributed by atoms with van der Waals surface area (Å²) < 4.78 is 55.4. The first-order valence-corrected chi connectivity index (χ1v) is 5.33. The second kappa shape index (κ2) is 7.14. The van der Waals surface area contributed by atoms with Crippen molar-refractivity contribution in [1.29, 1.82) is 0 Å². The second-order valence-electron chi connectivity index (χ2n) is 1.57. The predicted octanol–water partition coefficient (Wildman–Crippen LogP) is -3.71. The molecule has 8 N–H and O–H groups in total. The fourth-order valence-corrected chi connectivity index (χ4v) is 1.90. The molecule has 11 heteroatoms. The highest BCUT2D eigenvalue weighted by Crippen LogP contribution is 1.86. The third kappa shape index (κ3) is 24.5. The molecule has 0 aromatic heterocycles. The summed E-state index contributed by atoms with van der Waals surface area (Å²) in [6.45, 7) is 0. The third-order valence-corrected chi connectivity index (χ3v) is 2.30. The molecule has 0 saturated carbocycles. The highest BCUT2D eigenvalue weighted by atomic mass is 32.2. The van der Waals surface area contributed by atoms with Gasteiger partial charge in [-0.3, -0.25) is 9.11 Å². The quantitative estimate of drug-likeness (QED) is 0.477. The van der Waals surface area contributed by atoms with Crippen LogP contribution in [0, 0.1) is 0 Å². The zero-order valence-corrected chi connectivity index (χ0v) is 7.89. The Bertz CT molecular complexity index is 252. The standard InChI is InChI=1S/C2H6O6S2.3H2O/c3-9(4,5)1-2-10(6,7)8;;;/h1-2H2,(H,3,4,5)(H,6,7,8);3*1H2. The van der Waals surface area contributed by atoms with Gasteiger partial charge in [-0.2, -0.15) is 16.8 Å². The summed E-state index contributed by atoms with van der Waals surface area (Å²) in [6.07, 6.45) is 0. The third-order valence-electron chi connectivity index (χ3n) is 0.599. The van der Waals surface area contributed by atoms with E-state index in [1.807, 2.05) is 0 Å². The molecule has 0 aliphatic rings. The van der Waals surface area contributed by atoms with Crippen LogP contribution in [0.15, 0.2) is 0 Å². The van der Waals surface area contributed by atoms with Gasteiger partial charge in [0.15, 0.2) is 0 Å². The van der Waals surface area contributed by atoms with Crippen LogP contribution in [0.2, 0.25) is 0 Å². The molecule has 0 bridgehead atoms. The van der Waals surface area contributed by atoms with Crippen LogP contribution in [0.3, 0.4) is 0 Å². The Morgan fingerprint density at radius 1 is 0.692 bits per heavy atom. The average Bonchev–Trinajstić information content (AvgIpc) is 1.57. The van der Waals surface area contributed by atoms with Gasteiger partial charge < -0.3 is 16.4 Å². The molecule has 13 heavy (non-hydrogen) atoms. The average molecular weight is 244 g/mol. The van der Waals surface area contributed by atoms with Gasteiger partial charge in [0.05, 0.1) is 11.5 Å². The lowest BCUT2D eigenvalue weighted by Crippen LogP contribution is -2.15. The number of hydrogen-bond donors (Lipinski definition) is 2. The summed E-state index contributed by atoms with van der Waals surface area (Å²) in [5.74, 6) is -1.96. The lowest BCUT2D eigenvalue weighted by atomic mass is 11.0. The van der Waals surface area contributed by atoms with Crippen LogP contribution in [0.4, 0.5) is 0 Å². The molecule has 9 nitrogen and oxygen atoms in total. The minimum atomic E-state index is -4.30. The smallest absolute Gasteiger partial charge is 0.265 e. The van der Waals surface area contributed by atoms with E-state index >= 15 is 0 Å². The van der Waals surface area contributed by atoms with Crippen LogP contribution >= 0.6 is 0 Å². The molecule has 0 atom stereocenters. The molecule has 0 aliphatic carbocycles. The van der Waals surface area contributed by atoms with Gasteiger partial charge in [-0.05, 0) is 0 Å². The Morgan fingerprint density at radius 3 is 0.923 bits per heavy atom. The summed E-state index contributed by atoms with van der Waals surface area (Å²) in [6, 6.07) is 0. The van der Waals surface area contributed by atoms with E-state index in [-0.39, 0.29) is 16.4 Å². The van der Waals surface area contributed by atoms with Gasteiger partial charge in [0.1, 0.15) is 0 Å². The van der Waals surface area contributed by atoms with Crippen molar-refractivity contribution in [2.75, 3.05) is 11.5 Å². The maximum absolute atomic E-state index is 9.86. The zero-order chi connectivity index (χ0) is 8.41. The predicted molar refractivity (Wildman–Crippen MR) is 43.7 cm³/mol. The molecule has 0 aliphatic heterocycles. The Morgan fingerprint density at radius 2 is 0.846 bits per heavy atom. The van der Waals surface area contributed by atoms with Gasteiger partial charge in [0.2, 0.25) is 0 Å². The molecule has 0 amide bonds. The maximum atomic E-state index is 9.86. The first-order chi connectivity index (χ1) is 4.21. The highest BCUT2D eigenvalue weighted by molar-refractivity contribution is 7.89. The number of rotatable bonds is 3. The van der Waals surface area contributed by atoms with Crippen LogP contribution in [-0.4, -0.2) is 53.9 Å². The van der Waals surface area contributed by atoms with Gasteiger partial charge in [-0.15, -0.1) is 0 Å². The van der Waals surface area contributed by atoms with Gasteiger partial charge in [-0.1, -0.05) is 0 Å². The molecule has 0 fully saturated rings. The minimum absolute atomic E-state index is 0. The first kappa shape index (κ1) is 23.0. The molecular weight excluding hydrogens is 232 g/mol. The normalized spacial score (nSPS) is 10.3. The fraction of sp³-hybridized carbons (Fsp3) is 1.00. The summed E-state index contributed by atoms with van der Waals surface area (Å²) in [4.78, 5) is 0. The lowest BCUT2D eigenvalue weighted by Gasteiger charge is -1.92. The van der Waals surface area contributed by atoms with E-state index in [1.54, 1.807) is 0 Å². The van der Waals surface area contributed by atoms with Crippen molar-refractivity contribution in [1.82, 2.24) is 0 Å². The van der Waals surface area contributed by atoms with Crippen molar-refractivity contribution in [2.24, 2.45) is 0 Å². The van der Waals surface area contributed by atoms with Crippen LogP contribution < -0.4 is 0 Å². The maximum Gasteiger partial charge on any atom is 0.265 e. The lowest BCUT2D eigenvalue weighted by molar-refractivity contribution is 0.472. The highest BCUT2D eigenvalue weighted by Gasteiger charge is 2.11. The molecule has 0 aromatic rings. The van der Waals surface area contributed by atoms with Crippen molar-refractivity contribution in [3.05, 3.63) is 0 Å². The summed E-state index contributed by atoms with van der Waals surface area (Å²) in [7, 11) is -8.59. The Labute approximate surface area is 74.8 Å². The monoisotopic (exact) mass is 244 g/mol. The van der Waals surface area contributed by atoms with E-state index in [0.29, 0.717) is 0 Å². The summed E-state index contributed by atoms with van der Waals surface area (Å²) in [5.41, 5.74) is 0. The second-order valence-corrected chi connectivity index (χ2v) is 4.72. The Balaban J connectivity index is -0.000000135. The molecule has 0 spiro atoms. The molecule has 0 radical (unpaired) electrons. The number of hydrogen-bond acceptors (Lipinski definition) is 4. The van der Waals surface area contributed by atoms with E-state index in [9.17, 15) is 16.8 Å². The van der Waals surface area contributed by atoms with Gasteiger partial charge >= 0.3 is 0 Å². The molecule has 0 rings (SSSR count). The van der Waals surface area contributed by atoms with E-state index in [2.05, 4.69) is 0 Å². The van der Waals surface area contributed by atoms with Crippen molar-refractivity contribution in [3.8, 4) is 0 Å². The van der Waals surface area contributed by atoms with Crippen LogP contribution in [0.1, 0.15) is 0 Å². The summed E-state index contributed by atoms with van der Waals surface area (Å²) in [5, 5.41) is 0. The topological polar surface area (TPSA) is 203 Å².